The summed E-state index contributed by atoms with van der Waals surface area (Å²) in [6.45, 7) is 6.09. The molecule has 2 aromatic carbocycles. The molecule has 0 radical (unpaired) electrons. The Kier molecular flexibility index (Phi) is 4.10. The van der Waals surface area contributed by atoms with Crippen molar-refractivity contribution in [1.29, 1.82) is 0 Å². The summed E-state index contributed by atoms with van der Waals surface area (Å²) in [7, 11) is 0. The molecule has 3 N–H and O–H groups in total. The molecule has 1 aliphatic carbocycles. The van der Waals surface area contributed by atoms with Gasteiger partial charge in [-0.1, -0.05) is 18.2 Å². The summed E-state index contributed by atoms with van der Waals surface area (Å²) in [4.78, 5) is 34.4. The molecule has 7 rings (SSSR count). The van der Waals surface area contributed by atoms with Crippen LogP contribution in [0.15, 0.2) is 30.0 Å². The number of nitrogens with one attached hydrogen (secondary N) is 1. The molecular weight excluding hydrogens is 488 g/mol. The number of hydrogen-bond acceptors (Lipinski definition) is 9. The van der Waals surface area contributed by atoms with E-state index in [4.69, 9.17) is 4.74 Å². The van der Waals surface area contributed by atoms with Gasteiger partial charge < -0.3 is 19.9 Å². The second kappa shape index (κ2) is 7.03. The number of nitrogens with zero attached hydrogens (tertiary/aromatic N) is 5. The van der Waals surface area contributed by atoms with Gasteiger partial charge in [0.15, 0.2) is 17.2 Å². The first-order chi connectivity index (χ1) is 18.1. The van der Waals surface area contributed by atoms with Gasteiger partial charge in [-0.25, -0.2) is 0 Å². The van der Waals surface area contributed by atoms with Gasteiger partial charge in [0.2, 0.25) is 0 Å². The lowest BCUT2D eigenvalue weighted by Crippen LogP contribution is -2.36. The number of benzene rings is 2. The van der Waals surface area contributed by atoms with E-state index < -0.39 is 11.2 Å². The van der Waals surface area contributed by atoms with E-state index >= 15 is 0 Å². The summed E-state index contributed by atoms with van der Waals surface area (Å²) in [6.07, 6.45) is 1.63. The number of aryl methyl sites for hydroxylation is 1. The minimum Gasteiger partial charge on any atom is -0.507 e. The van der Waals surface area contributed by atoms with Gasteiger partial charge in [-0.15, -0.1) is 10.2 Å². The Morgan fingerprint density at radius 3 is 2.66 bits per heavy atom. The number of carbonyl (C=O) groups excluding carboxylic acids is 2. The van der Waals surface area contributed by atoms with E-state index in [1.54, 1.807) is 19.9 Å². The minimum atomic E-state index is -1.44. The molecule has 2 aliphatic rings. The Bertz CT molecular complexity index is 1970. The maximum absolute atomic E-state index is 14.1. The monoisotopic (exact) mass is 508 g/mol. The number of hydrogen-bond donors (Lipinski definition) is 3. The largest absolute Gasteiger partial charge is 0.507 e. The summed E-state index contributed by atoms with van der Waals surface area (Å²) in [5.74, 6) is -1.20. The second-order valence-corrected chi connectivity index (χ2v) is 9.76. The fourth-order valence-electron chi connectivity index (χ4n) is 5.54. The van der Waals surface area contributed by atoms with E-state index in [-0.39, 0.29) is 51.4 Å². The molecule has 1 aliphatic heterocycles. The van der Waals surface area contributed by atoms with Crippen LogP contribution in [0.3, 0.4) is 0 Å². The molecule has 11 heteroatoms. The van der Waals surface area contributed by atoms with Crippen LogP contribution in [0, 0.1) is 13.8 Å². The van der Waals surface area contributed by atoms with Crippen molar-refractivity contribution < 1.29 is 24.5 Å². The molecule has 11 nitrogen and oxygen atoms in total. The van der Waals surface area contributed by atoms with Gasteiger partial charge in [0.1, 0.15) is 39.5 Å². The predicted octanol–water partition coefficient (Wildman–Crippen LogP) is 3.81. The molecule has 4 heterocycles. The number of allylic oxidation sites excluding steroid dienone is 1. The van der Waals surface area contributed by atoms with Crippen LogP contribution in [0.2, 0.25) is 0 Å². The summed E-state index contributed by atoms with van der Waals surface area (Å²) < 4.78 is 7.48. The molecule has 0 bridgehead atoms. The highest BCUT2D eigenvalue weighted by atomic mass is 16.5. The molecule has 0 saturated heterocycles. The quantitative estimate of drug-likeness (QED) is 0.302. The van der Waals surface area contributed by atoms with E-state index in [0.29, 0.717) is 28.1 Å². The fourth-order valence-corrected chi connectivity index (χ4v) is 5.54. The lowest BCUT2D eigenvalue weighted by molar-refractivity contribution is 0.0905. The third-order valence-electron chi connectivity index (χ3n) is 7.54. The normalized spacial score (nSPS) is 17.8. The van der Waals surface area contributed by atoms with Crippen LogP contribution in [0.25, 0.3) is 34.1 Å². The number of aromatic amines is 1. The SMILES string of the molecule is CC(=O)c1c(O)c(C)c(O)c2c1OC1=Cc3c(c(C)nn3-c3nnc4c(n3)[nH]c3ccccc34)C(=O)C12C. The Hall–Kier alpha value is -5.06. The van der Waals surface area contributed by atoms with E-state index in [2.05, 4.69) is 25.3 Å². The van der Waals surface area contributed by atoms with Gasteiger partial charge in [-0.3, -0.25) is 9.59 Å². The zero-order chi connectivity index (χ0) is 26.7. The number of phenolic OH excluding ortho intramolecular Hbond substituents is 2. The number of ether oxygens (including phenoxy) is 1. The number of para-hydroxylation sites is 1. The van der Waals surface area contributed by atoms with Crippen molar-refractivity contribution in [2.75, 3.05) is 0 Å². The van der Waals surface area contributed by atoms with Crippen LogP contribution in [-0.2, 0) is 5.41 Å². The fraction of sp³-hybridized carbons (Fsp3) is 0.185. The molecule has 0 saturated carbocycles. The van der Waals surface area contributed by atoms with Crippen LogP contribution in [0.1, 0.15) is 57.1 Å². The summed E-state index contributed by atoms with van der Waals surface area (Å²) >= 11 is 0. The van der Waals surface area contributed by atoms with Crippen molar-refractivity contribution in [3.63, 3.8) is 0 Å². The smallest absolute Gasteiger partial charge is 0.272 e. The van der Waals surface area contributed by atoms with Gasteiger partial charge in [0.25, 0.3) is 5.95 Å². The number of aromatic hydroxyl groups is 2. The van der Waals surface area contributed by atoms with E-state index in [1.807, 2.05) is 24.3 Å². The van der Waals surface area contributed by atoms with Crippen molar-refractivity contribution in [2.24, 2.45) is 0 Å². The lowest BCUT2D eigenvalue weighted by atomic mass is 9.71. The average molecular weight is 508 g/mol. The molecule has 5 aromatic rings. The second-order valence-electron chi connectivity index (χ2n) is 9.76. The van der Waals surface area contributed by atoms with E-state index in [0.717, 1.165) is 10.9 Å². The molecule has 3 aromatic heterocycles. The third kappa shape index (κ3) is 2.52. The molecule has 1 atom stereocenters. The molecular formula is C27H20N6O5. The first-order valence-corrected chi connectivity index (χ1v) is 11.9. The van der Waals surface area contributed by atoms with Crippen molar-refractivity contribution in [3.05, 3.63) is 63.7 Å². The first-order valence-electron chi connectivity index (χ1n) is 11.9. The van der Waals surface area contributed by atoms with Crippen molar-refractivity contribution in [2.45, 2.75) is 33.1 Å². The predicted molar refractivity (Wildman–Crippen MR) is 136 cm³/mol. The lowest BCUT2D eigenvalue weighted by Gasteiger charge is -2.27. The summed E-state index contributed by atoms with van der Waals surface area (Å²) in [5.41, 5.74) is 1.83. The molecule has 38 heavy (non-hydrogen) atoms. The van der Waals surface area contributed by atoms with E-state index in [9.17, 15) is 19.8 Å². The van der Waals surface area contributed by atoms with Crippen molar-refractivity contribution in [1.82, 2.24) is 29.9 Å². The van der Waals surface area contributed by atoms with Crippen LogP contribution in [-0.4, -0.2) is 51.7 Å². The maximum atomic E-state index is 14.1. The van der Waals surface area contributed by atoms with Gasteiger partial charge in [0, 0.05) is 22.5 Å². The highest BCUT2D eigenvalue weighted by Crippen LogP contribution is 2.58. The van der Waals surface area contributed by atoms with Crippen molar-refractivity contribution in [3.8, 4) is 23.2 Å². The van der Waals surface area contributed by atoms with Gasteiger partial charge in [0.05, 0.1) is 22.5 Å². The Morgan fingerprint density at radius 2 is 1.89 bits per heavy atom. The highest BCUT2D eigenvalue weighted by Gasteiger charge is 2.55. The van der Waals surface area contributed by atoms with Gasteiger partial charge >= 0.3 is 0 Å². The van der Waals surface area contributed by atoms with Crippen LogP contribution < -0.4 is 4.74 Å². The average Bonchev–Trinajstić information content (AvgIpc) is 3.52. The molecule has 1 unspecified atom stereocenters. The van der Waals surface area contributed by atoms with Gasteiger partial charge in [-0.05, 0) is 33.8 Å². The molecule has 188 valence electrons. The van der Waals surface area contributed by atoms with Crippen LogP contribution in [0.4, 0.5) is 0 Å². The summed E-state index contributed by atoms with van der Waals surface area (Å²) in [5, 5.41) is 35.7. The molecule has 0 spiro atoms. The third-order valence-corrected chi connectivity index (χ3v) is 7.54. The number of carbonyl (C=O) groups is 2. The highest BCUT2D eigenvalue weighted by molar-refractivity contribution is 6.14. The van der Waals surface area contributed by atoms with E-state index in [1.165, 1.54) is 18.5 Å². The zero-order valence-corrected chi connectivity index (χ0v) is 20.7. The number of aromatic nitrogens is 6. The molecule has 0 amide bonds. The number of phenols is 2. The van der Waals surface area contributed by atoms with Gasteiger partial charge in [-0.2, -0.15) is 14.8 Å². The number of H-pyrrole nitrogens is 1. The topological polar surface area (TPSA) is 156 Å². The number of rotatable bonds is 2. The Labute approximate surface area is 214 Å². The van der Waals surface area contributed by atoms with Crippen LogP contribution >= 0.6 is 0 Å². The van der Waals surface area contributed by atoms with Crippen molar-refractivity contribution >= 4 is 39.7 Å². The minimum absolute atomic E-state index is 0.0278. The number of Topliss-reactive ketones (excluding diaryl/α,β-unsaturated/α-hetero) is 2. The zero-order valence-electron chi connectivity index (χ0n) is 20.7. The number of ketones is 2. The van der Waals surface area contributed by atoms with Crippen LogP contribution in [0.5, 0.6) is 17.2 Å². The molecule has 0 fully saturated rings. The Balaban J connectivity index is 1.45. The standard InChI is InChI=1S/C27H20N6O5/c1-10-21(35)18(12(3)34)23-19(22(10)36)27(4)16(38-23)9-15-17(24(27)37)11(2)32-33(15)26-29-25-20(30-31-26)13-7-5-6-8-14(13)28-25/h5-9,35-36H,1-4H3,(H,28,29,31). The Morgan fingerprint density at radius 1 is 1.13 bits per heavy atom. The first kappa shape index (κ1) is 22.2. The number of fused-ring (bicyclic) bond motifs is 7. The summed E-state index contributed by atoms with van der Waals surface area (Å²) in [6, 6.07) is 7.66. The maximum Gasteiger partial charge on any atom is 0.272 e.